The molecule has 1 aromatic heterocycles. The van der Waals surface area contributed by atoms with Crippen LogP contribution in [0.4, 0.5) is 0 Å². The maximum atomic E-state index is 11.3. The van der Waals surface area contributed by atoms with Crippen molar-refractivity contribution in [3.63, 3.8) is 0 Å². The smallest absolute Gasteiger partial charge is 0.335 e. The fourth-order valence-electron chi connectivity index (χ4n) is 3.19. The van der Waals surface area contributed by atoms with Crippen molar-refractivity contribution in [3.05, 3.63) is 29.6 Å². The van der Waals surface area contributed by atoms with E-state index in [2.05, 4.69) is 32.3 Å². The highest BCUT2D eigenvalue weighted by Gasteiger charge is 2.41. The van der Waals surface area contributed by atoms with E-state index < -0.39 is 5.97 Å². The van der Waals surface area contributed by atoms with Crippen LogP contribution in [0, 0.1) is 5.92 Å². The molecule has 1 aliphatic carbocycles. The first kappa shape index (κ1) is 14.1. The Bertz CT molecular complexity index is 709. The topological polar surface area (TPSA) is 55.1 Å². The van der Waals surface area contributed by atoms with Gasteiger partial charge in [0.25, 0.3) is 0 Å². The number of hydrogen-bond donors (Lipinski definition) is 1. The summed E-state index contributed by atoms with van der Waals surface area (Å²) in [6.07, 6.45) is 2.48. The maximum Gasteiger partial charge on any atom is 0.335 e. The molecule has 0 aliphatic heterocycles. The first-order valence-corrected chi connectivity index (χ1v) is 7.58. The lowest BCUT2D eigenvalue weighted by molar-refractivity contribution is 0.0697. The molecule has 0 saturated heterocycles. The Hall–Kier alpha value is -1.84. The van der Waals surface area contributed by atoms with E-state index in [4.69, 9.17) is 4.98 Å². The largest absolute Gasteiger partial charge is 0.478 e. The number of nitrogens with zero attached hydrogens (tertiary/aromatic N) is 2. The minimum atomic E-state index is -0.889. The summed E-state index contributed by atoms with van der Waals surface area (Å²) in [5.74, 6) is 1.12. The Kier molecular flexibility index (Phi) is 3.08. The van der Waals surface area contributed by atoms with Crippen LogP contribution in [0.25, 0.3) is 11.0 Å². The van der Waals surface area contributed by atoms with Crippen LogP contribution in [0.3, 0.4) is 0 Å². The number of hydrogen-bond acceptors (Lipinski definition) is 2. The molecule has 0 radical (unpaired) electrons. The molecule has 21 heavy (non-hydrogen) atoms. The molecular weight excluding hydrogens is 264 g/mol. The zero-order valence-electron chi connectivity index (χ0n) is 13.1. The Morgan fingerprint density at radius 3 is 2.57 bits per heavy atom. The van der Waals surface area contributed by atoms with Gasteiger partial charge in [-0.05, 0) is 50.8 Å². The highest BCUT2D eigenvalue weighted by Crippen LogP contribution is 2.46. The van der Waals surface area contributed by atoms with Crippen molar-refractivity contribution in [2.45, 2.75) is 52.0 Å². The van der Waals surface area contributed by atoms with Crippen LogP contribution in [0.1, 0.15) is 62.6 Å². The fourth-order valence-corrected chi connectivity index (χ4v) is 3.19. The number of carboxylic acid groups (broad SMARTS) is 1. The molecule has 1 N–H and O–H groups in total. The molecule has 0 bridgehead atoms. The number of imidazole rings is 1. The number of benzene rings is 1. The number of aromatic nitrogens is 2. The molecule has 0 atom stereocenters. The predicted molar refractivity (Wildman–Crippen MR) is 82.8 cm³/mol. The lowest BCUT2D eigenvalue weighted by Crippen LogP contribution is -2.30. The van der Waals surface area contributed by atoms with Crippen LogP contribution >= 0.6 is 0 Å². The number of aromatic carboxylic acids is 1. The van der Waals surface area contributed by atoms with E-state index in [-0.39, 0.29) is 5.54 Å². The lowest BCUT2D eigenvalue weighted by Gasteiger charge is -2.30. The molecule has 2 aromatic rings. The van der Waals surface area contributed by atoms with Gasteiger partial charge in [0.15, 0.2) is 0 Å². The van der Waals surface area contributed by atoms with Gasteiger partial charge in [-0.2, -0.15) is 0 Å². The zero-order valence-corrected chi connectivity index (χ0v) is 13.1. The van der Waals surface area contributed by atoms with Crippen LogP contribution in [0.15, 0.2) is 18.2 Å². The molecule has 1 heterocycles. The van der Waals surface area contributed by atoms with Crippen LogP contribution in [0.2, 0.25) is 0 Å². The van der Waals surface area contributed by atoms with Crippen LogP contribution in [-0.2, 0) is 5.54 Å². The van der Waals surface area contributed by atoms with Gasteiger partial charge in [0.05, 0.1) is 16.6 Å². The van der Waals surface area contributed by atoms with Crippen molar-refractivity contribution in [2.75, 3.05) is 0 Å². The highest BCUT2D eigenvalue weighted by atomic mass is 16.4. The second-order valence-corrected chi connectivity index (χ2v) is 6.90. The van der Waals surface area contributed by atoms with Crippen molar-refractivity contribution < 1.29 is 9.90 Å². The van der Waals surface area contributed by atoms with Crippen molar-refractivity contribution in [3.8, 4) is 0 Å². The number of carbonyl (C=O) groups is 1. The van der Waals surface area contributed by atoms with Gasteiger partial charge in [-0.25, -0.2) is 9.78 Å². The molecular formula is C17H22N2O2. The summed E-state index contributed by atoms with van der Waals surface area (Å²) in [5, 5.41) is 9.25. The van der Waals surface area contributed by atoms with Crippen molar-refractivity contribution >= 4 is 17.0 Å². The molecule has 0 unspecified atom stereocenters. The minimum Gasteiger partial charge on any atom is -0.478 e. The van der Waals surface area contributed by atoms with Crippen molar-refractivity contribution in [2.24, 2.45) is 5.92 Å². The first-order chi connectivity index (χ1) is 9.82. The van der Waals surface area contributed by atoms with E-state index in [0.29, 0.717) is 17.4 Å². The Morgan fingerprint density at radius 1 is 1.38 bits per heavy atom. The van der Waals surface area contributed by atoms with Crippen LogP contribution in [0.5, 0.6) is 0 Å². The molecule has 1 aromatic carbocycles. The van der Waals surface area contributed by atoms with Gasteiger partial charge in [-0.1, -0.05) is 13.8 Å². The molecule has 3 rings (SSSR count). The normalized spacial score (nSPS) is 15.9. The summed E-state index contributed by atoms with van der Waals surface area (Å²) in [4.78, 5) is 16.0. The molecule has 112 valence electrons. The van der Waals surface area contributed by atoms with Gasteiger partial charge in [0, 0.05) is 11.5 Å². The zero-order chi connectivity index (χ0) is 15.4. The molecule has 1 fully saturated rings. The van der Waals surface area contributed by atoms with Gasteiger partial charge < -0.3 is 9.67 Å². The first-order valence-electron chi connectivity index (χ1n) is 7.58. The third-order valence-corrected chi connectivity index (χ3v) is 4.60. The molecule has 1 saturated carbocycles. The summed E-state index contributed by atoms with van der Waals surface area (Å²) in [7, 11) is 0. The maximum absolute atomic E-state index is 11.3. The van der Waals surface area contributed by atoms with Crippen molar-refractivity contribution in [1.82, 2.24) is 9.55 Å². The Morgan fingerprint density at radius 2 is 2.05 bits per heavy atom. The van der Waals surface area contributed by atoms with Gasteiger partial charge in [0.1, 0.15) is 5.82 Å². The minimum absolute atomic E-state index is 0.0223. The van der Waals surface area contributed by atoms with Crippen LogP contribution in [-0.4, -0.2) is 20.6 Å². The summed E-state index contributed by atoms with van der Waals surface area (Å²) >= 11 is 0. The van der Waals surface area contributed by atoms with E-state index in [1.807, 2.05) is 6.07 Å². The Balaban J connectivity index is 2.29. The SMILES string of the molecule is CC(C)c1nc2ccc(C(=O)O)cc2n1C(C)(C)C1CC1. The quantitative estimate of drug-likeness (QED) is 0.924. The second kappa shape index (κ2) is 4.58. The van der Waals surface area contributed by atoms with E-state index >= 15 is 0 Å². The summed E-state index contributed by atoms with van der Waals surface area (Å²) in [6.45, 7) is 8.76. The molecule has 4 heteroatoms. The monoisotopic (exact) mass is 286 g/mol. The highest BCUT2D eigenvalue weighted by molar-refractivity contribution is 5.92. The Labute approximate surface area is 124 Å². The van der Waals surface area contributed by atoms with E-state index in [1.54, 1.807) is 12.1 Å². The number of fused-ring (bicyclic) bond motifs is 1. The molecule has 4 nitrogen and oxygen atoms in total. The summed E-state index contributed by atoms with van der Waals surface area (Å²) in [6, 6.07) is 5.22. The number of carboxylic acids is 1. The van der Waals surface area contributed by atoms with Crippen LogP contribution < -0.4 is 0 Å². The third-order valence-electron chi connectivity index (χ3n) is 4.60. The molecule has 0 amide bonds. The fraction of sp³-hybridized carbons (Fsp3) is 0.529. The average molecular weight is 286 g/mol. The lowest BCUT2D eigenvalue weighted by atomic mass is 9.96. The summed E-state index contributed by atoms with van der Waals surface area (Å²) < 4.78 is 2.27. The predicted octanol–water partition coefficient (Wildman–Crippen LogP) is 4.00. The average Bonchev–Trinajstić information content (AvgIpc) is 3.18. The van der Waals surface area contributed by atoms with E-state index in [9.17, 15) is 9.90 Å². The van der Waals surface area contributed by atoms with Gasteiger partial charge in [-0.3, -0.25) is 0 Å². The summed E-state index contributed by atoms with van der Waals surface area (Å²) in [5.41, 5.74) is 2.13. The molecule has 1 aliphatic rings. The third kappa shape index (κ3) is 2.23. The number of rotatable bonds is 4. The molecule has 0 spiro atoms. The standard InChI is InChI=1S/C17H22N2O2/c1-10(2)15-18-13-8-5-11(16(20)21)9-14(13)19(15)17(3,4)12-6-7-12/h5,8-10,12H,6-7H2,1-4H3,(H,20,21). The van der Waals surface area contributed by atoms with E-state index in [0.717, 1.165) is 16.9 Å². The van der Waals surface area contributed by atoms with E-state index in [1.165, 1.54) is 12.8 Å². The van der Waals surface area contributed by atoms with Gasteiger partial charge in [-0.15, -0.1) is 0 Å². The van der Waals surface area contributed by atoms with Crippen molar-refractivity contribution in [1.29, 1.82) is 0 Å². The van der Waals surface area contributed by atoms with Gasteiger partial charge >= 0.3 is 5.97 Å². The second-order valence-electron chi connectivity index (χ2n) is 6.90. The van der Waals surface area contributed by atoms with Gasteiger partial charge in [0.2, 0.25) is 0 Å².